The van der Waals surface area contributed by atoms with E-state index in [0.717, 1.165) is 0 Å². The molecule has 3 aromatic rings. The van der Waals surface area contributed by atoms with Crippen molar-refractivity contribution < 1.29 is 14.0 Å². The summed E-state index contributed by atoms with van der Waals surface area (Å²) in [4.78, 5) is 26.4. The van der Waals surface area contributed by atoms with Gasteiger partial charge in [-0.25, -0.2) is 9.18 Å². The number of amides is 3. The van der Waals surface area contributed by atoms with Crippen LogP contribution in [-0.4, -0.2) is 24.0 Å². The van der Waals surface area contributed by atoms with Crippen LogP contribution in [0.5, 0.6) is 0 Å². The van der Waals surface area contributed by atoms with Crippen molar-refractivity contribution in [3.8, 4) is 0 Å². The molecule has 3 rings (SSSR count). The smallest absolute Gasteiger partial charge is 0.318 e. The molecule has 0 spiro atoms. The van der Waals surface area contributed by atoms with E-state index in [4.69, 9.17) is 0 Å². The van der Waals surface area contributed by atoms with Crippen LogP contribution >= 0.6 is 0 Å². The number of rotatable bonds is 3. The molecule has 0 atom stereocenters. The van der Waals surface area contributed by atoms with Gasteiger partial charge in [-0.3, -0.25) is 4.79 Å². The zero-order valence-electron chi connectivity index (χ0n) is 12.8. The van der Waals surface area contributed by atoms with Crippen molar-refractivity contribution in [1.82, 2.24) is 10.3 Å². The lowest BCUT2D eigenvalue weighted by Crippen LogP contribution is -2.24. The maximum atomic E-state index is 13.7. The van der Waals surface area contributed by atoms with Gasteiger partial charge in [0.15, 0.2) is 0 Å². The van der Waals surface area contributed by atoms with Crippen molar-refractivity contribution in [3.63, 3.8) is 0 Å². The summed E-state index contributed by atoms with van der Waals surface area (Å²) < 4.78 is 13.7. The van der Waals surface area contributed by atoms with Gasteiger partial charge in [0.1, 0.15) is 11.5 Å². The Morgan fingerprint density at radius 2 is 1.67 bits per heavy atom. The predicted octanol–water partition coefficient (Wildman–Crippen LogP) is 3.31. The predicted molar refractivity (Wildman–Crippen MR) is 90.7 cm³/mol. The number of carbonyl (C=O) groups excluding carboxylic acids is 2. The number of halogens is 1. The number of nitrogens with one attached hydrogen (secondary N) is 4. The molecule has 24 heavy (non-hydrogen) atoms. The van der Waals surface area contributed by atoms with Crippen LogP contribution in [0, 0.1) is 5.82 Å². The Hall–Kier alpha value is -3.35. The van der Waals surface area contributed by atoms with Crippen LogP contribution in [-0.2, 0) is 0 Å². The van der Waals surface area contributed by atoms with Crippen LogP contribution in [0.25, 0.3) is 10.9 Å². The fourth-order valence-electron chi connectivity index (χ4n) is 2.27. The molecule has 0 bridgehead atoms. The van der Waals surface area contributed by atoms with Gasteiger partial charge in [-0.05, 0) is 42.5 Å². The van der Waals surface area contributed by atoms with E-state index in [-0.39, 0.29) is 23.4 Å². The summed E-state index contributed by atoms with van der Waals surface area (Å²) in [5.41, 5.74) is 1.98. The van der Waals surface area contributed by atoms with Crippen molar-refractivity contribution >= 4 is 34.2 Å². The summed E-state index contributed by atoms with van der Waals surface area (Å²) >= 11 is 0. The highest BCUT2D eigenvalue weighted by Gasteiger charge is 2.12. The van der Waals surface area contributed by atoms with Gasteiger partial charge >= 0.3 is 6.03 Å². The summed E-state index contributed by atoms with van der Waals surface area (Å²) in [7, 11) is 1.52. The molecule has 0 radical (unpaired) electrons. The van der Waals surface area contributed by atoms with Gasteiger partial charge in [0.05, 0.1) is 0 Å². The summed E-state index contributed by atoms with van der Waals surface area (Å²) in [5.74, 6) is -0.759. The van der Waals surface area contributed by atoms with Crippen molar-refractivity contribution in [3.05, 3.63) is 60.0 Å². The molecule has 1 aromatic heterocycles. The third-order valence-corrected chi connectivity index (χ3v) is 3.48. The second-order valence-corrected chi connectivity index (χ2v) is 5.12. The topological polar surface area (TPSA) is 86.0 Å². The highest BCUT2D eigenvalue weighted by Crippen LogP contribution is 2.20. The zero-order valence-corrected chi connectivity index (χ0v) is 12.8. The van der Waals surface area contributed by atoms with Crippen LogP contribution in [0.3, 0.4) is 0 Å². The van der Waals surface area contributed by atoms with Gasteiger partial charge in [0.2, 0.25) is 0 Å². The van der Waals surface area contributed by atoms with Crippen molar-refractivity contribution in [2.75, 3.05) is 17.7 Å². The van der Waals surface area contributed by atoms with E-state index in [2.05, 4.69) is 20.9 Å². The maximum absolute atomic E-state index is 13.7. The monoisotopic (exact) mass is 326 g/mol. The van der Waals surface area contributed by atoms with E-state index in [1.54, 1.807) is 36.4 Å². The summed E-state index contributed by atoms with van der Waals surface area (Å²) in [6.07, 6.45) is 0. The minimum Gasteiger partial charge on any atom is -0.350 e. The second kappa shape index (κ2) is 6.41. The Morgan fingerprint density at radius 1 is 1.00 bits per heavy atom. The molecule has 7 heteroatoms. The molecule has 0 aliphatic carbocycles. The average Bonchev–Trinajstić information content (AvgIpc) is 3.02. The van der Waals surface area contributed by atoms with Crippen molar-refractivity contribution in [2.24, 2.45) is 0 Å². The highest BCUT2D eigenvalue weighted by molar-refractivity contribution is 6.06. The van der Waals surface area contributed by atoms with Gasteiger partial charge in [-0.15, -0.1) is 0 Å². The Morgan fingerprint density at radius 3 is 2.29 bits per heavy atom. The molecule has 2 aromatic carbocycles. The number of benzene rings is 2. The molecule has 0 saturated heterocycles. The van der Waals surface area contributed by atoms with E-state index < -0.39 is 0 Å². The number of carbonyl (C=O) groups is 2. The van der Waals surface area contributed by atoms with Crippen molar-refractivity contribution in [1.29, 1.82) is 0 Å². The zero-order chi connectivity index (χ0) is 17.1. The number of hydrogen-bond donors (Lipinski definition) is 4. The summed E-state index contributed by atoms with van der Waals surface area (Å²) in [5, 5.41) is 8.14. The first-order valence-electron chi connectivity index (χ1n) is 7.24. The molecule has 0 unspecified atom stereocenters. The molecule has 1 heterocycles. The molecular weight excluding hydrogens is 311 g/mol. The minimum absolute atomic E-state index is 0.266. The second-order valence-electron chi connectivity index (χ2n) is 5.12. The van der Waals surface area contributed by atoms with E-state index in [0.29, 0.717) is 22.3 Å². The molecule has 0 aliphatic rings. The third-order valence-electron chi connectivity index (χ3n) is 3.48. The maximum Gasteiger partial charge on any atom is 0.318 e. The lowest BCUT2D eigenvalue weighted by molar-refractivity contribution is 0.102. The van der Waals surface area contributed by atoms with E-state index >= 15 is 0 Å². The largest absolute Gasteiger partial charge is 0.350 e. The normalized spacial score (nSPS) is 10.4. The summed E-state index contributed by atoms with van der Waals surface area (Å²) in [6, 6.07) is 12.4. The molecule has 0 saturated carbocycles. The van der Waals surface area contributed by atoms with Gasteiger partial charge in [0, 0.05) is 29.3 Å². The number of hydrogen-bond acceptors (Lipinski definition) is 2. The number of urea groups is 1. The number of H-pyrrole nitrogens is 1. The molecular formula is C17H15FN4O2. The molecule has 3 amide bonds. The highest BCUT2D eigenvalue weighted by atomic mass is 19.1. The number of anilines is 2. The Bertz CT molecular complexity index is 903. The number of aromatic amines is 1. The molecule has 0 aliphatic heterocycles. The lowest BCUT2D eigenvalue weighted by atomic mass is 10.2. The average molecular weight is 326 g/mol. The van der Waals surface area contributed by atoms with Gasteiger partial charge in [-0.1, -0.05) is 6.07 Å². The van der Waals surface area contributed by atoms with Crippen LogP contribution in [0.4, 0.5) is 20.6 Å². The summed E-state index contributed by atoms with van der Waals surface area (Å²) in [6.45, 7) is 0. The fourth-order valence-corrected chi connectivity index (χ4v) is 2.27. The molecule has 122 valence electrons. The van der Waals surface area contributed by atoms with Crippen LogP contribution < -0.4 is 16.0 Å². The van der Waals surface area contributed by atoms with E-state index in [9.17, 15) is 14.0 Å². The molecule has 0 fully saturated rings. The SMILES string of the molecule is CNC(=O)Nc1ccc(NC(=O)c2cc3c(F)cccc3[nH]2)cc1. The van der Waals surface area contributed by atoms with Crippen LogP contribution in [0.1, 0.15) is 10.5 Å². The molecule has 4 N–H and O–H groups in total. The Kier molecular flexibility index (Phi) is 4.15. The first-order valence-corrected chi connectivity index (χ1v) is 7.24. The van der Waals surface area contributed by atoms with Gasteiger partial charge < -0.3 is 20.9 Å². The Balaban J connectivity index is 1.74. The molecule has 6 nitrogen and oxygen atoms in total. The third kappa shape index (κ3) is 3.19. The first kappa shape index (κ1) is 15.5. The van der Waals surface area contributed by atoms with Gasteiger partial charge in [-0.2, -0.15) is 0 Å². The van der Waals surface area contributed by atoms with Gasteiger partial charge in [0.25, 0.3) is 5.91 Å². The quantitative estimate of drug-likeness (QED) is 0.595. The number of fused-ring (bicyclic) bond motifs is 1. The number of aromatic nitrogens is 1. The fraction of sp³-hybridized carbons (Fsp3) is 0.0588. The first-order chi connectivity index (χ1) is 11.6. The Labute approximate surface area is 137 Å². The van der Waals surface area contributed by atoms with E-state index in [1.807, 2.05) is 0 Å². The van der Waals surface area contributed by atoms with E-state index in [1.165, 1.54) is 19.2 Å². The van der Waals surface area contributed by atoms with Crippen molar-refractivity contribution in [2.45, 2.75) is 0 Å². The standard InChI is InChI=1S/C17H15FN4O2/c1-19-17(24)21-11-7-5-10(6-8-11)20-16(23)15-9-12-13(18)3-2-4-14(12)22-15/h2-9,22H,1H3,(H,20,23)(H2,19,21,24). The van der Waals surface area contributed by atoms with Crippen LogP contribution in [0.2, 0.25) is 0 Å². The lowest BCUT2D eigenvalue weighted by Gasteiger charge is -2.07. The minimum atomic E-state index is -0.382. The van der Waals surface area contributed by atoms with Crippen LogP contribution in [0.15, 0.2) is 48.5 Å².